The van der Waals surface area contributed by atoms with E-state index in [0.717, 1.165) is 31.1 Å². The Balaban J connectivity index is 2.24. The van der Waals surface area contributed by atoms with Gasteiger partial charge < -0.3 is 5.32 Å². The van der Waals surface area contributed by atoms with Crippen molar-refractivity contribution in [1.29, 1.82) is 0 Å². The van der Waals surface area contributed by atoms with Crippen LogP contribution in [-0.2, 0) is 4.79 Å². The van der Waals surface area contributed by atoms with Crippen LogP contribution in [0.4, 0.5) is 0 Å². The third-order valence-electron chi connectivity index (χ3n) is 3.70. The van der Waals surface area contributed by atoms with Crippen LogP contribution >= 0.6 is 15.9 Å². The second kappa shape index (κ2) is 8.96. The number of nitrogens with one attached hydrogen (secondary N) is 1. The van der Waals surface area contributed by atoms with E-state index in [0.29, 0.717) is 11.8 Å². The van der Waals surface area contributed by atoms with Crippen LogP contribution in [0.5, 0.6) is 0 Å². The minimum absolute atomic E-state index is 0.284. The summed E-state index contributed by atoms with van der Waals surface area (Å²) < 4.78 is 0. The van der Waals surface area contributed by atoms with Crippen molar-refractivity contribution >= 4 is 21.8 Å². The Bertz CT molecular complexity index is 212. The lowest BCUT2D eigenvalue weighted by Crippen LogP contribution is -2.34. The lowest BCUT2D eigenvalue weighted by atomic mass is 9.90. The number of rotatable bonds is 5. The fourth-order valence-electron chi connectivity index (χ4n) is 2.43. The number of alkyl halides is 1. The van der Waals surface area contributed by atoms with Gasteiger partial charge in [0.1, 0.15) is 0 Å². The second-order valence-electron chi connectivity index (χ2n) is 5.37. The van der Waals surface area contributed by atoms with Gasteiger partial charge in [-0.05, 0) is 25.2 Å². The summed E-state index contributed by atoms with van der Waals surface area (Å²) in [4.78, 5) is 12.0. The molecule has 1 atom stereocenters. The van der Waals surface area contributed by atoms with Gasteiger partial charge in [0.2, 0.25) is 5.91 Å². The molecule has 0 aliphatic heterocycles. The molecule has 1 aliphatic rings. The highest BCUT2D eigenvalue weighted by Gasteiger charge is 2.19. The molecule has 1 amide bonds. The molecule has 17 heavy (non-hydrogen) atoms. The van der Waals surface area contributed by atoms with Gasteiger partial charge in [-0.15, -0.1) is 0 Å². The fourth-order valence-corrected chi connectivity index (χ4v) is 3.21. The van der Waals surface area contributed by atoms with Gasteiger partial charge in [-0.2, -0.15) is 0 Å². The molecule has 1 fully saturated rings. The lowest BCUT2D eigenvalue weighted by molar-refractivity contribution is -0.125. The van der Waals surface area contributed by atoms with Crippen molar-refractivity contribution in [3.05, 3.63) is 0 Å². The van der Waals surface area contributed by atoms with Crippen molar-refractivity contribution < 1.29 is 4.79 Å². The van der Waals surface area contributed by atoms with E-state index < -0.39 is 0 Å². The molecule has 3 heteroatoms. The molecule has 0 heterocycles. The third kappa shape index (κ3) is 6.44. The van der Waals surface area contributed by atoms with Crippen LogP contribution < -0.4 is 5.32 Å². The van der Waals surface area contributed by atoms with E-state index in [1.807, 2.05) is 0 Å². The van der Waals surface area contributed by atoms with Crippen molar-refractivity contribution in [3.63, 3.8) is 0 Å². The Labute approximate surface area is 114 Å². The van der Waals surface area contributed by atoms with Crippen LogP contribution in [-0.4, -0.2) is 17.8 Å². The molecule has 1 N–H and O–H groups in total. The van der Waals surface area contributed by atoms with E-state index >= 15 is 0 Å². The predicted molar refractivity (Wildman–Crippen MR) is 76.4 cm³/mol. The Morgan fingerprint density at radius 3 is 2.41 bits per heavy atom. The lowest BCUT2D eigenvalue weighted by Gasteiger charge is -2.20. The summed E-state index contributed by atoms with van der Waals surface area (Å²) in [5.41, 5.74) is 0. The van der Waals surface area contributed by atoms with Crippen molar-refractivity contribution in [1.82, 2.24) is 5.32 Å². The maximum Gasteiger partial charge on any atom is 0.223 e. The average molecular weight is 304 g/mol. The van der Waals surface area contributed by atoms with E-state index in [9.17, 15) is 4.79 Å². The van der Waals surface area contributed by atoms with E-state index in [2.05, 4.69) is 28.2 Å². The molecule has 100 valence electrons. The fraction of sp³-hybridized carbons (Fsp3) is 0.929. The number of carbonyl (C=O) groups is 1. The van der Waals surface area contributed by atoms with Gasteiger partial charge in [-0.3, -0.25) is 4.79 Å². The van der Waals surface area contributed by atoms with E-state index in [4.69, 9.17) is 0 Å². The molecule has 0 saturated heterocycles. The van der Waals surface area contributed by atoms with Crippen molar-refractivity contribution in [3.8, 4) is 0 Å². The smallest absolute Gasteiger partial charge is 0.223 e. The molecular weight excluding hydrogens is 278 g/mol. The average Bonchev–Trinajstić information content (AvgIpc) is 2.26. The topological polar surface area (TPSA) is 29.1 Å². The third-order valence-corrected chi connectivity index (χ3v) is 4.16. The van der Waals surface area contributed by atoms with Crippen LogP contribution in [0.15, 0.2) is 0 Å². The second-order valence-corrected chi connectivity index (χ2v) is 6.16. The van der Waals surface area contributed by atoms with Gasteiger partial charge in [0.25, 0.3) is 0 Å². The summed E-state index contributed by atoms with van der Waals surface area (Å²) in [6.07, 6.45) is 9.76. The molecule has 1 rings (SSSR count). The minimum atomic E-state index is 0.284. The normalized spacial score (nSPS) is 20.4. The maximum atomic E-state index is 12.0. The number of hydrogen-bond acceptors (Lipinski definition) is 1. The minimum Gasteiger partial charge on any atom is -0.356 e. The molecule has 0 aromatic heterocycles. The summed E-state index contributed by atoms with van der Waals surface area (Å²) in [5.74, 6) is 1.16. The Morgan fingerprint density at radius 2 is 1.82 bits per heavy atom. The van der Waals surface area contributed by atoms with Crippen molar-refractivity contribution in [2.45, 2.75) is 58.3 Å². The first-order valence-corrected chi connectivity index (χ1v) is 8.20. The monoisotopic (exact) mass is 303 g/mol. The summed E-state index contributed by atoms with van der Waals surface area (Å²) in [6.45, 7) is 3.03. The van der Waals surface area contributed by atoms with Gasteiger partial charge in [0.15, 0.2) is 0 Å². The van der Waals surface area contributed by atoms with Gasteiger partial charge in [0, 0.05) is 17.8 Å². The number of halogens is 1. The Hall–Kier alpha value is -0.0500. The molecule has 1 aliphatic carbocycles. The summed E-state index contributed by atoms with van der Waals surface area (Å²) in [7, 11) is 0. The Morgan fingerprint density at radius 1 is 1.24 bits per heavy atom. The quantitative estimate of drug-likeness (QED) is 0.767. The van der Waals surface area contributed by atoms with Crippen molar-refractivity contribution in [2.75, 3.05) is 11.9 Å². The van der Waals surface area contributed by atoms with Gasteiger partial charge in [0.05, 0.1) is 0 Å². The first-order valence-electron chi connectivity index (χ1n) is 7.07. The summed E-state index contributed by atoms with van der Waals surface area (Å²) >= 11 is 3.44. The molecular formula is C14H26BrNO. The summed E-state index contributed by atoms with van der Waals surface area (Å²) in [6, 6.07) is 0. The van der Waals surface area contributed by atoms with Crippen LogP contribution in [0.25, 0.3) is 0 Å². The van der Waals surface area contributed by atoms with Gasteiger partial charge >= 0.3 is 0 Å². The van der Waals surface area contributed by atoms with Crippen LogP contribution in [0.2, 0.25) is 0 Å². The SMILES string of the molecule is CC(CCBr)CNC(=O)C1CCCCCCC1. The molecule has 0 aromatic carbocycles. The molecule has 0 bridgehead atoms. The largest absolute Gasteiger partial charge is 0.356 e. The maximum absolute atomic E-state index is 12.0. The zero-order valence-electron chi connectivity index (χ0n) is 11.0. The standard InChI is InChI=1S/C14H26BrNO/c1-12(9-10-15)11-16-14(17)13-7-5-3-2-4-6-8-13/h12-13H,2-11H2,1H3,(H,16,17). The molecule has 0 aromatic rings. The van der Waals surface area contributed by atoms with E-state index in [-0.39, 0.29) is 5.92 Å². The number of carbonyl (C=O) groups excluding carboxylic acids is 1. The highest BCUT2D eigenvalue weighted by atomic mass is 79.9. The van der Waals surface area contributed by atoms with Gasteiger partial charge in [-0.1, -0.05) is 55.0 Å². The molecule has 1 saturated carbocycles. The van der Waals surface area contributed by atoms with E-state index in [1.165, 1.54) is 32.1 Å². The van der Waals surface area contributed by atoms with E-state index in [1.54, 1.807) is 0 Å². The Kier molecular flexibility index (Phi) is 7.91. The highest BCUT2D eigenvalue weighted by molar-refractivity contribution is 9.09. The molecule has 0 spiro atoms. The number of hydrogen-bond donors (Lipinski definition) is 1. The zero-order chi connectivity index (χ0) is 12.5. The highest BCUT2D eigenvalue weighted by Crippen LogP contribution is 2.22. The van der Waals surface area contributed by atoms with Crippen LogP contribution in [0.1, 0.15) is 58.3 Å². The number of amides is 1. The molecule has 2 nitrogen and oxygen atoms in total. The first kappa shape index (κ1) is 15.0. The summed E-state index contributed by atoms with van der Waals surface area (Å²) in [5, 5.41) is 4.15. The predicted octanol–water partition coefficient (Wildman–Crippen LogP) is 3.88. The first-order chi connectivity index (χ1) is 8.24. The molecule has 0 radical (unpaired) electrons. The van der Waals surface area contributed by atoms with Crippen LogP contribution in [0, 0.1) is 11.8 Å². The molecule has 1 unspecified atom stereocenters. The van der Waals surface area contributed by atoms with Crippen LogP contribution in [0.3, 0.4) is 0 Å². The van der Waals surface area contributed by atoms with Gasteiger partial charge in [-0.25, -0.2) is 0 Å². The van der Waals surface area contributed by atoms with Crippen molar-refractivity contribution in [2.24, 2.45) is 11.8 Å². The zero-order valence-corrected chi connectivity index (χ0v) is 12.6.